The Kier molecular flexibility index (Phi) is 6.31. The van der Waals surface area contributed by atoms with Crippen molar-refractivity contribution in [2.75, 3.05) is 16.8 Å². The fourth-order valence-corrected chi connectivity index (χ4v) is 2.39. The summed E-state index contributed by atoms with van der Waals surface area (Å²) in [7, 11) is 0. The maximum atomic E-state index is 11.6. The minimum Gasteiger partial charge on any atom is -0.325 e. The monoisotopic (exact) mass is 262 g/mol. The first kappa shape index (κ1) is 14.6. The zero-order valence-electron chi connectivity index (χ0n) is 10.8. The quantitative estimate of drug-likeness (QED) is 0.800. The SMILES string of the molecule is CC(C)CCSCC(=O)Nc1cccc(C#N)c1. The van der Waals surface area contributed by atoms with Crippen LogP contribution in [0.4, 0.5) is 5.69 Å². The van der Waals surface area contributed by atoms with E-state index in [0.29, 0.717) is 22.9 Å². The van der Waals surface area contributed by atoms with E-state index in [2.05, 4.69) is 19.2 Å². The molecular weight excluding hydrogens is 244 g/mol. The van der Waals surface area contributed by atoms with Crippen molar-refractivity contribution >= 4 is 23.4 Å². The summed E-state index contributed by atoms with van der Waals surface area (Å²) in [6.45, 7) is 4.35. The number of nitrogens with zero attached hydrogens (tertiary/aromatic N) is 1. The Balaban J connectivity index is 2.33. The molecule has 1 N–H and O–H groups in total. The second-order valence-corrected chi connectivity index (χ2v) is 5.58. The van der Waals surface area contributed by atoms with E-state index in [-0.39, 0.29) is 5.91 Å². The number of carbonyl (C=O) groups is 1. The zero-order chi connectivity index (χ0) is 13.4. The first-order chi connectivity index (χ1) is 8.61. The van der Waals surface area contributed by atoms with Gasteiger partial charge < -0.3 is 5.32 Å². The molecule has 0 aromatic heterocycles. The Bertz CT molecular complexity index is 438. The van der Waals surface area contributed by atoms with Crippen LogP contribution in [-0.4, -0.2) is 17.4 Å². The lowest BCUT2D eigenvalue weighted by atomic mass is 10.2. The van der Waals surface area contributed by atoms with E-state index in [0.717, 1.165) is 12.2 Å². The minimum absolute atomic E-state index is 0.0150. The molecule has 0 saturated heterocycles. The normalized spacial score (nSPS) is 10.1. The Hall–Kier alpha value is -1.47. The second-order valence-electron chi connectivity index (χ2n) is 4.48. The van der Waals surface area contributed by atoms with Crippen LogP contribution in [-0.2, 0) is 4.79 Å². The van der Waals surface area contributed by atoms with Crippen molar-refractivity contribution in [1.29, 1.82) is 5.26 Å². The summed E-state index contributed by atoms with van der Waals surface area (Å²) in [6.07, 6.45) is 1.13. The zero-order valence-corrected chi connectivity index (χ0v) is 11.6. The number of carbonyl (C=O) groups excluding carboxylic acids is 1. The lowest BCUT2D eigenvalue weighted by Crippen LogP contribution is -2.14. The van der Waals surface area contributed by atoms with Crippen molar-refractivity contribution in [3.8, 4) is 6.07 Å². The highest BCUT2D eigenvalue weighted by Gasteiger charge is 2.03. The van der Waals surface area contributed by atoms with Crippen molar-refractivity contribution in [3.63, 3.8) is 0 Å². The molecule has 0 fully saturated rings. The molecule has 96 valence electrons. The van der Waals surface area contributed by atoms with E-state index >= 15 is 0 Å². The van der Waals surface area contributed by atoms with E-state index < -0.39 is 0 Å². The fourth-order valence-electron chi connectivity index (χ4n) is 1.35. The molecule has 18 heavy (non-hydrogen) atoms. The van der Waals surface area contributed by atoms with Gasteiger partial charge in [0.15, 0.2) is 0 Å². The number of hydrogen-bond donors (Lipinski definition) is 1. The van der Waals surface area contributed by atoms with Gasteiger partial charge in [-0.1, -0.05) is 19.9 Å². The maximum Gasteiger partial charge on any atom is 0.234 e. The smallest absolute Gasteiger partial charge is 0.234 e. The van der Waals surface area contributed by atoms with Crippen LogP contribution in [0.5, 0.6) is 0 Å². The van der Waals surface area contributed by atoms with E-state index in [1.165, 1.54) is 0 Å². The molecule has 1 amide bonds. The Morgan fingerprint density at radius 2 is 2.28 bits per heavy atom. The predicted octanol–water partition coefficient (Wildman–Crippen LogP) is 3.28. The first-order valence-corrected chi connectivity index (χ1v) is 7.15. The number of anilines is 1. The van der Waals surface area contributed by atoms with Crippen LogP contribution in [0.25, 0.3) is 0 Å². The van der Waals surface area contributed by atoms with Crippen molar-refractivity contribution in [2.24, 2.45) is 5.92 Å². The van der Waals surface area contributed by atoms with Crippen molar-refractivity contribution in [1.82, 2.24) is 0 Å². The molecule has 0 radical (unpaired) electrons. The van der Waals surface area contributed by atoms with Gasteiger partial charge in [0, 0.05) is 5.69 Å². The number of amides is 1. The van der Waals surface area contributed by atoms with Gasteiger partial charge in [-0.25, -0.2) is 0 Å². The van der Waals surface area contributed by atoms with E-state index in [1.807, 2.05) is 6.07 Å². The standard InChI is InChI=1S/C14H18N2OS/c1-11(2)6-7-18-10-14(17)16-13-5-3-4-12(8-13)9-15/h3-5,8,11H,6-7,10H2,1-2H3,(H,16,17). The van der Waals surface area contributed by atoms with Gasteiger partial charge in [0.2, 0.25) is 5.91 Å². The molecule has 0 bridgehead atoms. The van der Waals surface area contributed by atoms with Gasteiger partial charge in [0.05, 0.1) is 17.4 Å². The topological polar surface area (TPSA) is 52.9 Å². The largest absolute Gasteiger partial charge is 0.325 e. The van der Waals surface area contributed by atoms with Gasteiger partial charge in [-0.3, -0.25) is 4.79 Å². The highest BCUT2D eigenvalue weighted by molar-refractivity contribution is 7.99. The van der Waals surface area contributed by atoms with E-state index in [1.54, 1.807) is 36.0 Å². The molecule has 1 rings (SSSR count). The van der Waals surface area contributed by atoms with Gasteiger partial charge in [-0.15, -0.1) is 0 Å². The summed E-state index contributed by atoms with van der Waals surface area (Å²) in [5.74, 6) is 2.12. The molecule has 0 saturated carbocycles. The first-order valence-electron chi connectivity index (χ1n) is 5.99. The van der Waals surface area contributed by atoms with E-state index in [4.69, 9.17) is 5.26 Å². The summed E-state index contributed by atoms with van der Waals surface area (Å²) in [6, 6.07) is 8.99. The van der Waals surface area contributed by atoms with E-state index in [9.17, 15) is 4.79 Å². The number of thioether (sulfide) groups is 1. The molecule has 0 atom stereocenters. The van der Waals surface area contributed by atoms with Gasteiger partial charge >= 0.3 is 0 Å². The molecular formula is C14H18N2OS. The van der Waals surface area contributed by atoms with Crippen LogP contribution in [0, 0.1) is 17.2 Å². The Morgan fingerprint density at radius 1 is 1.50 bits per heavy atom. The van der Waals surface area contributed by atoms with Gasteiger partial charge in [-0.05, 0) is 36.3 Å². The number of benzene rings is 1. The molecule has 1 aromatic rings. The number of nitrogens with one attached hydrogen (secondary N) is 1. The molecule has 0 aliphatic carbocycles. The highest BCUT2D eigenvalue weighted by atomic mass is 32.2. The molecule has 4 heteroatoms. The van der Waals surface area contributed by atoms with Crippen LogP contribution < -0.4 is 5.32 Å². The van der Waals surface area contributed by atoms with Gasteiger partial charge in [-0.2, -0.15) is 17.0 Å². The van der Waals surface area contributed by atoms with Crippen LogP contribution >= 0.6 is 11.8 Å². The molecule has 0 aliphatic heterocycles. The summed E-state index contributed by atoms with van der Waals surface area (Å²) in [5.41, 5.74) is 1.24. The van der Waals surface area contributed by atoms with Crippen LogP contribution in [0.1, 0.15) is 25.8 Å². The molecule has 0 aliphatic rings. The van der Waals surface area contributed by atoms with Crippen LogP contribution in [0.15, 0.2) is 24.3 Å². The molecule has 0 spiro atoms. The Labute approximate surface area is 113 Å². The number of hydrogen-bond acceptors (Lipinski definition) is 3. The minimum atomic E-state index is -0.0150. The summed E-state index contributed by atoms with van der Waals surface area (Å²) >= 11 is 1.64. The van der Waals surface area contributed by atoms with Gasteiger partial charge in [0.1, 0.15) is 0 Å². The predicted molar refractivity (Wildman–Crippen MR) is 76.6 cm³/mol. The molecule has 0 heterocycles. The van der Waals surface area contributed by atoms with Crippen molar-refractivity contribution < 1.29 is 4.79 Å². The second kappa shape index (κ2) is 7.78. The van der Waals surface area contributed by atoms with Crippen LogP contribution in [0.2, 0.25) is 0 Å². The third kappa shape index (κ3) is 5.74. The van der Waals surface area contributed by atoms with Gasteiger partial charge in [0.25, 0.3) is 0 Å². The third-order valence-electron chi connectivity index (χ3n) is 2.35. The van der Waals surface area contributed by atoms with Crippen LogP contribution in [0.3, 0.4) is 0 Å². The number of rotatable bonds is 6. The summed E-state index contributed by atoms with van der Waals surface area (Å²) in [4.78, 5) is 11.6. The Morgan fingerprint density at radius 3 is 2.94 bits per heavy atom. The molecule has 0 unspecified atom stereocenters. The summed E-state index contributed by atoms with van der Waals surface area (Å²) in [5, 5.41) is 11.5. The maximum absolute atomic E-state index is 11.6. The third-order valence-corrected chi connectivity index (χ3v) is 3.34. The lowest BCUT2D eigenvalue weighted by Gasteiger charge is -2.06. The summed E-state index contributed by atoms with van der Waals surface area (Å²) < 4.78 is 0. The van der Waals surface area contributed by atoms with Crippen molar-refractivity contribution in [3.05, 3.63) is 29.8 Å². The lowest BCUT2D eigenvalue weighted by molar-refractivity contribution is -0.113. The van der Waals surface area contributed by atoms with Crippen molar-refractivity contribution in [2.45, 2.75) is 20.3 Å². The molecule has 1 aromatic carbocycles. The average molecular weight is 262 g/mol. The highest BCUT2D eigenvalue weighted by Crippen LogP contribution is 2.12. The fraction of sp³-hybridized carbons (Fsp3) is 0.429. The molecule has 3 nitrogen and oxygen atoms in total. The average Bonchev–Trinajstić information content (AvgIpc) is 2.34. The number of nitriles is 1.